The fourth-order valence-electron chi connectivity index (χ4n) is 4.32. The van der Waals surface area contributed by atoms with Gasteiger partial charge in [0, 0.05) is 38.3 Å². The lowest BCUT2D eigenvalue weighted by atomic mass is 10.0. The number of hydrogen-bond acceptors (Lipinski definition) is 5. The number of carbonyl (C=O) groups is 1. The summed E-state index contributed by atoms with van der Waals surface area (Å²) in [6.45, 7) is 7.05. The normalized spacial score (nSPS) is 21.8. The molecule has 1 aromatic carbocycles. The quantitative estimate of drug-likeness (QED) is 0.835. The van der Waals surface area contributed by atoms with E-state index < -0.39 is 6.09 Å². The molecule has 0 aliphatic carbocycles. The molecule has 3 rings (SSSR count). The van der Waals surface area contributed by atoms with Crippen LogP contribution >= 0.6 is 0 Å². The van der Waals surface area contributed by atoms with Gasteiger partial charge in [-0.15, -0.1) is 0 Å². The molecule has 1 fully saturated rings. The number of hydrogen-bond donors (Lipinski definition) is 2. The van der Waals surface area contributed by atoms with Gasteiger partial charge in [-0.05, 0) is 32.4 Å². The summed E-state index contributed by atoms with van der Waals surface area (Å²) in [5, 5.41) is 19.7. The Morgan fingerprint density at radius 2 is 1.93 bits per heavy atom. The number of aromatic nitrogens is 2. The molecule has 1 aromatic heterocycles. The fourth-order valence-corrected chi connectivity index (χ4v) is 4.32. The Hall–Kier alpha value is -2.61. The molecule has 0 bridgehead atoms. The molecular formula is C20H28N4O4. The van der Waals surface area contributed by atoms with Gasteiger partial charge in [-0.1, -0.05) is 13.3 Å². The predicted octanol–water partition coefficient (Wildman–Crippen LogP) is 2.55. The summed E-state index contributed by atoms with van der Waals surface area (Å²) in [5.74, 6) is 0.719. The highest BCUT2D eigenvalue weighted by Gasteiger charge is 2.37. The molecule has 0 saturated carbocycles. The van der Waals surface area contributed by atoms with Crippen LogP contribution in [-0.2, 0) is 7.05 Å². The van der Waals surface area contributed by atoms with Crippen molar-refractivity contribution in [2.24, 2.45) is 7.05 Å². The van der Waals surface area contributed by atoms with Gasteiger partial charge in [-0.2, -0.15) is 0 Å². The van der Waals surface area contributed by atoms with E-state index in [1.807, 2.05) is 13.8 Å². The van der Waals surface area contributed by atoms with E-state index in [9.17, 15) is 19.8 Å². The molecule has 28 heavy (non-hydrogen) atoms. The SMILES string of the molecule is CCCC(c1nc2cc(O)ccc2c(=O)n1C)N1CC(C)N(C(=O)O)C(C)C1. The van der Waals surface area contributed by atoms with Crippen LogP contribution in [0, 0.1) is 0 Å². The Kier molecular flexibility index (Phi) is 5.60. The van der Waals surface area contributed by atoms with E-state index in [1.54, 1.807) is 17.7 Å². The van der Waals surface area contributed by atoms with Crippen LogP contribution in [0.5, 0.6) is 5.75 Å². The van der Waals surface area contributed by atoms with Gasteiger partial charge in [-0.3, -0.25) is 14.3 Å². The zero-order chi connectivity index (χ0) is 20.6. The second-order valence-electron chi connectivity index (χ2n) is 7.68. The van der Waals surface area contributed by atoms with E-state index in [2.05, 4.69) is 11.8 Å². The Morgan fingerprint density at radius 3 is 2.50 bits per heavy atom. The first-order valence-corrected chi connectivity index (χ1v) is 9.69. The van der Waals surface area contributed by atoms with E-state index in [0.29, 0.717) is 29.8 Å². The molecule has 2 N–H and O–H groups in total. The minimum Gasteiger partial charge on any atom is -0.508 e. The Labute approximate surface area is 164 Å². The number of nitrogens with zero attached hydrogens (tertiary/aromatic N) is 4. The predicted molar refractivity (Wildman–Crippen MR) is 107 cm³/mol. The lowest BCUT2D eigenvalue weighted by Gasteiger charge is -2.45. The maximum Gasteiger partial charge on any atom is 0.407 e. The van der Waals surface area contributed by atoms with Gasteiger partial charge in [0.1, 0.15) is 11.6 Å². The van der Waals surface area contributed by atoms with E-state index >= 15 is 0 Å². The van der Waals surface area contributed by atoms with Crippen molar-refractivity contribution in [2.75, 3.05) is 13.1 Å². The number of piperazine rings is 1. The Balaban J connectivity index is 2.04. The third-order valence-corrected chi connectivity index (χ3v) is 5.56. The van der Waals surface area contributed by atoms with Gasteiger partial charge in [0.05, 0.1) is 16.9 Å². The van der Waals surface area contributed by atoms with Gasteiger partial charge < -0.3 is 15.1 Å². The van der Waals surface area contributed by atoms with Gasteiger partial charge in [0.25, 0.3) is 5.56 Å². The summed E-state index contributed by atoms with van der Waals surface area (Å²) in [5.41, 5.74) is 0.329. The summed E-state index contributed by atoms with van der Waals surface area (Å²) in [6, 6.07) is 4.19. The number of carboxylic acid groups (broad SMARTS) is 1. The summed E-state index contributed by atoms with van der Waals surface area (Å²) >= 11 is 0. The fraction of sp³-hybridized carbons (Fsp3) is 0.550. The third-order valence-electron chi connectivity index (χ3n) is 5.56. The first kappa shape index (κ1) is 20.1. The lowest BCUT2D eigenvalue weighted by molar-refractivity contribution is 0.0172. The summed E-state index contributed by atoms with van der Waals surface area (Å²) in [7, 11) is 1.72. The molecule has 2 aromatic rings. The summed E-state index contributed by atoms with van der Waals surface area (Å²) < 4.78 is 1.58. The van der Waals surface area contributed by atoms with E-state index in [-0.39, 0.29) is 29.4 Å². The molecule has 1 aliphatic heterocycles. The zero-order valence-corrected chi connectivity index (χ0v) is 16.8. The smallest absolute Gasteiger partial charge is 0.407 e. The Bertz CT molecular complexity index is 930. The molecule has 8 heteroatoms. The molecule has 8 nitrogen and oxygen atoms in total. The second-order valence-corrected chi connectivity index (χ2v) is 7.68. The highest BCUT2D eigenvalue weighted by molar-refractivity contribution is 5.79. The monoisotopic (exact) mass is 388 g/mol. The largest absolute Gasteiger partial charge is 0.508 e. The molecule has 1 amide bonds. The molecule has 3 atom stereocenters. The minimum atomic E-state index is -0.904. The number of aromatic hydroxyl groups is 1. The summed E-state index contributed by atoms with van der Waals surface area (Å²) in [6.07, 6.45) is 0.802. The first-order valence-electron chi connectivity index (χ1n) is 9.69. The van der Waals surface area contributed by atoms with Crippen LogP contribution in [0.1, 0.15) is 45.5 Å². The van der Waals surface area contributed by atoms with Crippen molar-refractivity contribution in [3.63, 3.8) is 0 Å². The summed E-state index contributed by atoms with van der Waals surface area (Å²) in [4.78, 5) is 32.9. The van der Waals surface area contributed by atoms with Crippen LogP contribution in [0.2, 0.25) is 0 Å². The molecule has 0 spiro atoms. The van der Waals surface area contributed by atoms with E-state index in [4.69, 9.17) is 4.98 Å². The van der Waals surface area contributed by atoms with Crippen molar-refractivity contribution in [2.45, 2.75) is 51.7 Å². The minimum absolute atomic E-state index is 0.0727. The van der Waals surface area contributed by atoms with Gasteiger partial charge in [0.2, 0.25) is 0 Å². The maximum absolute atomic E-state index is 12.9. The van der Waals surface area contributed by atoms with Crippen molar-refractivity contribution in [3.05, 3.63) is 34.4 Å². The topological polar surface area (TPSA) is 98.9 Å². The standard InChI is InChI=1S/C20H28N4O4/c1-5-6-17(23-10-12(2)24(20(27)28)13(3)11-23)18-21-16-9-14(25)7-8-15(16)19(26)22(18)4/h7-9,12-13,17,25H,5-6,10-11H2,1-4H3,(H,27,28). The highest BCUT2D eigenvalue weighted by Crippen LogP contribution is 2.29. The number of rotatable bonds is 4. The van der Waals surface area contributed by atoms with Crippen LogP contribution in [0.25, 0.3) is 10.9 Å². The maximum atomic E-state index is 12.9. The lowest BCUT2D eigenvalue weighted by Crippen LogP contribution is -2.59. The van der Waals surface area contributed by atoms with E-state index in [1.165, 1.54) is 17.0 Å². The Morgan fingerprint density at radius 1 is 1.29 bits per heavy atom. The zero-order valence-electron chi connectivity index (χ0n) is 16.8. The van der Waals surface area contributed by atoms with Crippen LogP contribution in [0.3, 0.4) is 0 Å². The molecule has 2 heterocycles. The first-order chi connectivity index (χ1) is 13.2. The van der Waals surface area contributed by atoms with Crippen LogP contribution < -0.4 is 5.56 Å². The van der Waals surface area contributed by atoms with Gasteiger partial charge >= 0.3 is 6.09 Å². The van der Waals surface area contributed by atoms with Gasteiger partial charge in [0.15, 0.2) is 0 Å². The van der Waals surface area contributed by atoms with Crippen LogP contribution in [-0.4, -0.2) is 60.8 Å². The highest BCUT2D eigenvalue weighted by atomic mass is 16.4. The van der Waals surface area contributed by atoms with Crippen LogP contribution in [0.15, 0.2) is 23.0 Å². The number of amides is 1. The van der Waals surface area contributed by atoms with E-state index in [0.717, 1.165) is 12.8 Å². The number of phenols is 1. The average molecular weight is 388 g/mol. The van der Waals surface area contributed by atoms with Crippen molar-refractivity contribution >= 4 is 17.0 Å². The molecule has 1 saturated heterocycles. The second kappa shape index (κ2) is 7.79. The molecule has 152 valence electrons. The number of fused-ring (bicyclic) bond motifs is 1. The number of phenolic OH excluding ortho intramolecular Hbond substituents is 1. The van der Waals surface area contributed by atoms with Crippen molar-refractivity contribution in [1.29, 1.82) is 0 Å². The molecule has 3 unspecified atom stereocenters. The van der Waals surface area contributed by atoms with Crippen molar-refractivity contribution in [3.8, 4) is 5.75 Å². The van der Waals surface area contributed by atoms with Crippen LogP contribution in [0.4, 0.5) is 4.79 Å². The number of benzene rings is 1. The van der Waals surface area contributed by atoms with Crippen molar-refractivity contribution < 1.29 is 15.0 Å². The molecular weight excluding hydrogens is 360 g/mol. The molecule has 1 aliphatic rings. The average Bonchev–Trinajstić information content (AvgIpc) is 2.61. The third kappa shape index (κ3) is 3.56. The van der Waals surface area contributed by atoms with Crippen molar-refractivity contribution in [1.82, 2.24) is 19.4 Å². The van der Waals surface area contributed by atoms with Gasteiger partial charge in [-0.25, -0.2) is 9.78 Å². The molecule has 0 radical (unpaired) electrons.